The maximum atomic E-state index is 10.4. The fraction of sp³-hybridized carbons (Fsp3) is 0.733. The minimum absolute atomic E-state index is 0.571. The van der Waals surface area contributed by atoms with Gasteiger partial charge in [0.05, 0.1) is 12.2 Å². The van der Waals surface area contributed by atoms with Gasteiger partial charge in [-0.05, 0) is 12.8 Å². The summed E-state index contributed by atoms with van der Waals surface area (Å²) < 4.78 is 4.98. The van der Waals surface area contributed by atoms with Gasteiger partial charge >= 0.3 is 0 Å². The Kier molecular flexibility index (Phi) is 5.90. The van der Waals surface area contributed by atoms with Crippen LogP contribution in [0.25, 0.3) is 0 Å². The first-order valence-electron chi connectivity index (χ1n) is 7.57. The number of nitrogens with one attached hydrogen (secondary N) is 1. The summed E-state index contributed by atoms with van der Waals surface area (Å²) in [5.74, 6) is 0.663. The fourth-order valence-electron chi connectivity index (χ4n) is 2.75. The summed E-state index contributed by atoms with van der Waals surface area (Å²) in [5, 5.41) is 13.7. The van der Waals surface area contributed by atoms with Gasteiger partial charge in [-0.3, -0.25) is 0 Å². The van der Waals surface area contributed by atoms with Crippen LogP contribution in [0.4, 0.5) is 5.95 Å². The predicted molar refractivity (Wildman–Crippen MR) is 82.3 cm³/mol. The number of likely N-dealkylation sites (N-methyl/N-ethyl adjacent to an activating group) is 1. The quantitative estimate of drug-likeness (QED) is 0.696. The second-order valence-corrected chi connectivity index (χ2v) is 5.85. The molecule has 2 rings (SSSR count). The Bertz CT molecular complexity index is 418. The maximum absolute atomic E-state index is 10.4. The first-order valence-corrected chi connectivity index (χ1v) is 7.57. The van der Waals surface area contributed by atoms with Crippen LogP contribution in [-0.2, 0) is 11.3 Å². The van der Waals surface area contributed by atoms with Crippen LogP contribution in [0.15, 0.2) is 12.4 Å². The fourth-order valence-corrected chi connectivity index (χ4v) is 2.75. The molecule has 0 saturated heterocycles. The van der Waals surface area contributed by atoms with Crippen molar-refractivity contribution in [3.63, 3.8) is 0 Å². The van der Waals surface area contributed by atoms with E-state index in [-0.39, 0.29) is 0 Å². The van der Waals surface area contributed by atoms with Crippen molar-refractivity contribution in [3.8, 4) is 0 Å². The van der Waals surface area contributed by atoms with Gasteiger partial charge < -0.3 is 20.1 Å². The predicted octanol–water partition coefficient (Wildman–Crippen LogP) is 0.954. The highest BCUT2D eigenvalue weighted by atomic mass is 16.5. The van der Waals surface area contributed by atoms with E-state index in [4.69, 9.17) is 4.74 Å². The summed E-state index contributed by atoms with van der Waals surface area (Å²) in [5.41, 5.74) is 0.473. The molecule has 21 heavy (non-hydrogen) atoms. The molecule has 0 amide bonds. The number of methoxy groups -OCH3 is 1. The molecule has 1 aliphatic rings. The zero-order valence-corrected chi connectivity index (χ0v) is 13.0. The van der Waals surface area contributed by atoms with Gasteiger partial charge in [-0.25, -0.2) is 9.97 Å². The third-order valence-corrected chi connectivity index (χ3v) is 3.91. The minimum atomic E-state index is -0.571. The van der Waals surface area contributed by atoms with Gasteiger partial charge in [-0.1, -0.05) is 12.8 Å². The monoisotopic (exact) mass is 294 g/mol. The van der Waals surface area contributed by atoms with Crippen LogP contribution in [0, 0.1) is 0 Å². The number of aliphatic hydroxyl groups is 1. The molecule has 1 saturated carbocycles. The van der Waals surface area contributed by atoms with Gasteiger partial charge in [-0.2, -0.15) is 0 Å². The van der Waals surface area contributed by atoms with E-state index in [0.29, 0.717) is 19.1 Å². The van der Waals surface area contributed by atoms with Gasteiger partial charge in [0.25, 0.3) is 0 Å². The molecule has 6 nitrogen and oxygen atoms in total. The molecule has 0 atom stereocenters. The molecule has 1 aromatic rings. The zero-order valence-electron chi connectivity index (χ0n) is 13.0. The van der Waals surface area contributed by atoms with E-state index in [2.05, 4.69) is 15.3 Å². The number of anilines is 1. The minimum Gasteiger partial charge on any atom is -0.388 e. The smallest absolute Gasteiger partial charge is 0.225 e. The van der Waals surface area contributed by atoms with E-state index >= 15 is 0 Å². The van der Waals surface area contributed by atoms with Crippen molar-refractivity contribution in [2.24, 2.45) is 0 Å². The first kappa shape index (κ1) is 16.1. The van der Waals surface area contributed by atoms with Crippen LogP contribution >= 0.6 is 0 Å². The Balaban J connectivity index is 1.83. The molecule has 0 aromatic carbocycles. The van der Waals surface area contributed by atoms with E-state index in [1.54, 1.807) is 7.11 Å². The van der Waals surface area contributed by atoms with Gasteiger partial charge in [0.1, 0.15) is 0 Å². The molecule has 2 N–H and O–H groups in total. The Morgan fingerprint density at radius 1 is 1.33 bits per heavy atom. The van der Waals surface area contributed by atoms with Gasteiger partial charge in [0.15, 0.2) is 0 Å². The number of aromatic nitrogens is 2. The molecule has 0 bridgehead atoms. The summed E-state index contributed by atoms with van der Waals surface area (Å²) in [6.07, 6.45) is 7.63. The summed E-state index contributed by atoms with van der Waals surface area (Å²) in [6.45, 7) is 2.83. The number of ether oxygens (including phenoxy) is 1. The molecule has 0 unspecified atom stereocenters. The Hall–Kier alpha value is -1.24. The molecule has 0 radical (unpaired) electrons. The topological polar surface area (TPSA) is 70.5 Å². The lowest BCUT2D eigenvalue weighted by Gasteiger charge is -2.28. The van der Waals surface area contributed by atoms with E-state index in [1.807, 2.05) is 24.3 Å². The molecular formula is C15H26N4O2. The SMILES string of the molecule is COCCNCc1cnc(N(C)CC2(O)CCCC2)nc1. The lowest BCUT2D eigenvalue weighted by Crippen LogP contribution is -2.39. The normalized spacial score (nSPS) is 17.1. The van der Waals surface area contributed by atoms with Crippen LogP contribution in [0.1, 0.15) is 31.2 Å². The van der Waals surface area contributed by atoms with E-state index in [9.17, 15) is 5.11 Å². The molecule has 0 spiro atoms. The summed E-state index contributed by atoms with van der Waals surface area (Å²) in [4.78, 5) is 10.7. The molecule has 1 fully saturated rings. The van der Waals surface area contributed by atoms with Crippen LogP contribution in [0.3, 0.4) is 0 Å². The van der Waals surface area contributed by atoms with Crippen molar-refractivity contribution < 1.29 is 9.84 Å². The lowest BCUT2D eigenvalue weighted by molar-refractivity contribution is 0.0556. The zero-order chi connectivity index (χ0) is 15.1. The highest BCUT2D eigenvalue weighted by molar-refractivity contribution is 5.29. The van der Waals surface area contributed by atoms with E-state index in [0.717, 1.165) is 44.3 Å². The molecule has 1 heterocycles. The highest BCUT2D eigenvalue weighted by Crippen LogP contribution is 2.30. The first-order chi connectivity index (χ1) is 10.1. The van der Waals surface area contributed by atoms with Crippen LogP contribution in [0.5, 0.6) is 0 Å². The number of rotatable bonds is 8. The third kappa shape index (κ3) is 4.91. The summed E-state index contributed by atoms with van der Waals surface area (Å²) in [6, 6.07) is 0. The molecule has 6 heteroatoms. The Morgan fingerprint density at radius 3 is 2.62 bits per heavy atom. The third-order valence-electron chi connectivity index (χ3n) is 3.91. The van der Waals surface area contributed by atoms with Gasteiger partial charge in [0.2, 0.25) is 5.95 Å². The van der Waals surface area contributed by atoms with Gasteiger partial charge in [-0.15, -0.1) is 0 Å². The van der Waals surface area contributed by atoms with E-state index in [1.165, 1.54) is 0 Å². The molecular weight excluding hydrogens is 268 g/mol. The summed E-state index contributed by atoms with van der Waals surface area (Å²) >= 11 is 0. The second-order valence-electron chi connectivity index (χ2n) is 5.85. The number of nitrogens with zero attached hydrogens (tertiary/aromatic N) is 3. The number of hydrogen-bond acceptors (Lipinski definition) is 6. The standard InChI is InChI=1S/C15H26N4O2/c1-19(12-15(20)5-3-4-6-15)14-17-10-13(11-18-14)9-16-7-8-21-2/h10-11,16,20H,3-9,12H2,1-2H3. The molecule has 1 aliphatic carbocycles. The lowest BCUT2D eigenvalue weighted by atomic mass is 10.0. The number of hydrogen-bond donors (Lipinski definition) is 2. The summed E-state index contributed by atoms with van der Waals surface area (Å²) in [7, 11) is 3.62. The van der Waals surface area contributed by atoms with Crippen molar-refractivity contribution in [2.75, 3.05) is 38.8 Å². The average Bonchev–Trinajstić information content (AvgIpc) is 2.90. The van der Waals surface area contributed by atoms with Crippen LogP contribution in [-0.4, -0.2) is 54.5 Å². The Morgan fingerprint density at radius 2 is 2.00 bits per heavy atom. The van der Waals surface area contributed by atoms with Gasteiger partial charge in [0, 0.05) is 51.7 Å². The van der Waals surface area contributed by atoms with Crippen molar-refractivity contribution in [1.82, 2.24) is 15.3 Å². The second kappa shape index (κ2) is 7.68. The van der Waals surface area contributed by atoms with Crippen molar-refractivity contribution in [1.29, 1.82) is 0 Å². The molecule has 118 valence electrons. The molecule has 0 aliphatic heterocycles. The van der Waals surface area contributed by atoms with Crippen molar-refractivity contribution in [2.45, 2.75) is 37.8 Å². The Labute approximate surface area is 126 Å². The van der Waals surface area contributed by atoms with Crippen LogP contribution < -0.4 is 10.2 Å². The van der Waals surface area contributed by atoms with Crippen molar-refractivity contribution >= 4 is 5.95 Å². The van der Waals surface area contributed by atoms with Crippen molar-refractivity contribution in [3.05, 3.63) is 18.0 Å². The highest BCUT2D eigenvalue weighted by Gasteiger charge is 2.32. The van der Waals surface area contributed by atoms with Crippen LogP contribution in [0.2, 0.25) is 0 Å². The maximum Gasteiger partial charge on any atom is 0.225 e. The average molecular weight is 294 g/mol. The molecule has 1 aromatic heterocycles. The largest absolute Gasteiger partial charge is 0.388 e. The van der Waals surface area contributed by atoms with E-state index < -0.39 is 5.60 Å².